The zero-order chi connectivity index (χ0) is 8.72. The molecule has 0 atom stereocenters. The quantitative estimate of drug-likeness (QED) is 0.659. The molecule has 0 spiro atoms. The average molecular weight is 246 g/mol. The van der Waals surface area contributed by atoms with Crippen molar-refractivity contribution in [2.75, 3.05) is 0 Å². The summed E-state index contributed by atoms with van der Waals surface area (Å²) in [6.45, 7) is 0. The van der Waals surface area contributed by atoms with Gasteiger partial charge in [0, 0.05) is 28.2 Å². The van der Waals surface area contributed by atoms with Crippen molar-refractivity contribution in [2.24, 2.45) is 0 Å². The first-order valence-corrected chi connectivity index (χ1v) is 4.73. The maximum atomic E-state index is 11.3. The van der Waals surface area contributed by atoms with Crippen LogP contribution in [0.2, 0.25) is 5.15 Å². The van der Waals surface area contributed by atoms with Gasteiger partial charge in [-0.05, 0) is 22.4 Å². The maximum absolute atomic E-state index is 11.3. The number of hydrogen-bond donors (Lipinski definition) is 0. The molecule has 1 aromatic heterocycles. The van der Waals surface area contributed by atoms with Gasteiger partial charge in [-0.15, -0.1) is 0 Å². The molecular formula is C8H5BrClNO. The van der Waals surface area contributed by atoms with Gasteiger partial charge in [0.1, 0.15) is 5.15 Å². The summed E-state index contributed by atoms with van der Waals surface area (Å²) in [6.07, 6.45) is 2.85. The molecule has 0 N–H and O–H groups in total. The summed E-state index contributed by atoms with van der Waals surface area (Å²) in [6, 6.07) is 0. The van der Waals surface area contributed by atoms with E-state index in [0.29, 0.717) is 11.6 Å². The van der Waals surface area contributed by atoms with Crippen LogP contribution in [-0.2, 0) is 6.42 Å². The van der Waals surface area contributed by atoms with E-state index < -0.39 is 0 Å². The SMILES string of the molecule is O=C1CCc2c(Cl)ncc(Br)c21. The summed E-state index contributed by atoms with van der Waals surface area (Å²) in [7, 11) is 0. The lowest BCUT2D eigenvalue weighted by Gasteiger charge is -2.00. The van der Waals surface area contributed by atoms with E-state index in [1.54, 1.807) is 6.20 Å². The highest BCUT2D eigenvalue weighted by Gasteiger charge is 2.24. The van der Waals surface area contributed by atoms with Crippen LogP contribution in [0.4, 0.5) is 0 Å². The second kappa shape index (κ2) is 2.82. The molecule has 0 aliphatic heterocycles. The number of rotatable bonds is 0. The highest BCUT2D eigenvalue weighted by atomic mass is 79.9. The van der Waals surface area contributed by atoms with Crippen LogP contribution in [0.1, 0.15) is 22.3 Å². The molecule has 0 radical (unpaired) electrons. The van der Waals surface area contributed by atoms with E-state index in [4.69, 9.17) is 11.6 Å². The Kier molecular flexibility index (Phi) is 1.93. The van der Waals surface area contributed by atoms with Crippen molar-refractivity contribution < 1.29 is 4.79 Å². The van der Waals surface area contributed by atoms with Crippen LogP contribution in [0.3, 0.4) is 0 Å². The van der Waals surface area contributed by atoms with E-state index in [-0.39, 0.29) is 5.78 Å². The van der Waals surface area contributed by atoms with Gasteiger partial charge < -0.3 is 0 Å². The third kappa shape index (κ3) is 1.08. The minimum atomic E-state index is 0.154. The summed E-state index contributed by atoms with van der Waals surface area (Å²) in [5.41, 5.74) is 1.60. The molecule has 0 unspecified atom stereocenters. The van der Waals surface area contributed by atoms with E-state index in [1.807, 2.05) is 0 Å². The summed E-state index contributed by atoms with van der Waals surface area (Å²) in [4.78, 5) is 15.3. The Morgan fingerprint density at radius 2 is 2.25 bits per heavy atom. The molecule has 0 amide bonds. The topological polar surface area (TPSA) is 30.0 Å². The summed E-state index contributed by atoms with van der Waals surface area (Å²) in [5.74, 6) is 0.154. The highest BCUT2D eigenvalue weighted by Crippen LogP contribution is 2.32. The Bertz CT molecular complexity index is 364. The Balaban J connectivity index is 2.72. The monoisotopic (exact) mass is 245 g/mol. The average Bonchev–Trinajstić information content (AvgIpc) is 2.42. The molecule has 1 aliphatic carbocycles. The fourth-order valence-corrected chi connectivity index (χ4v) is 2.20. The van der Waals surface area contributed by atoms with E-state index >= 15 is 0 Å². The van der Waals surface area contributed by atoms with Gasteiger partial charge >= 0.3 is 0 Å². The molecule has 4 heteroatoms. The van der Waals surface area contributed by atoms with Crippen molar-refractivity contribution >= 4 is 33.3 Å². The maximum Gasteiger partial charge on any atom is 0.164 e. The standard InChI is InChI=1S/C8H5BrClNO/c9-5-3-11-8(10)4-1-2-6(12)7(4)5/h3H,1-2H2. The van der Waals surface area contributed by atoms with Gasteiger partial charge in [-0.25, -0.2) is 4.98 Å². The lowest BCUT2D eigenvalue weighted by Crippen LogP contribution is -1.94. The number of Topliss-reactive ketones (excluding diaryl/α,β-unsaturated/α-hetero) is 1. The van der Waals surface area contributed by atoms with E-state index in [1.165, 1.54) is 0 Å². The molecule has 0 aromatic carbocycles. The van der Waals surface area contributed by atoms with Crippen LogP contribution in [0.15, 0.2) is 10.7 Å². The number of fused-ring (bicyclic) bond motifs is 1. The third-order valence-electron chi connectivity index (χ3n) is 1.96. The first-order chi connectivity index (χ1) is 5.70. The minimum Gasteiger partial charge on any atom is -0.294 e. The molecule has 0 fully saturated rings. The van der Waals surface area contributed by atoms with Crippen molar-refractivity contribution in [3.05, 3.63) is 26.9 Å². The fraction of sp³-hybridized carbons (Fsp3) is 0.250. The molecule has 2 nitrogen and oxygen atoms in total. The molecule has 0 bridgehead atoms. The third-order valence-corrected chi connectivity index (χ3v) is 2.89. The molecule has 0 saturated carbocycles. The Labute approximate surface area is 83.1 Å². The fourth-order valence-electron chi connectivity index (χ4n) is 1.40. The molecular weight excluding hydrogens is 241 g/mol. The molecule has 1 aromatic rings. The lowest BCUT2D eigenvalue weighted by atomic mass is 10.2. The number of aromatic nitrogens is 1. The smallest absolute Gasteiger partial charge is 0.164 e. The van der Waals surface area contributed by atoms with E-state index in [2.05, 4.69) is 20.9 Å². The second-order valence-electron chi connectivity index (χ2n) is 2.67. The van der Waals surface area contributed by atoms with Crippen LogP contribution in [-0.4, -0.2) is 10.8 Å². The van der Waals surface area contributed by atoms with Crippen molar-refractivity contribution in [1.29, 1.82) is 0 Å². The van der Waals surface area contributed by atoms with Crippen LogP contribution in [0.5, 0.6) is 0 Å². The number of ketones is 1. The van der Waals surface area contributed by atoms with E-state index in [9.17, 15) is 4.79 Å². The van der Waals surface area contributed by atoms with Gasteiger partial charge in [0.05, 0.1) is 0 Å². The highest BCUT2D eigenvalue weighted by molar-refractivity contribution is 9.10. The molecule has 0 saturated heterocycles. The van der Waals surface area contributed by atoms with Crippen molar-refractivity contribution in [1.82, 2.24) is 4.98 Å². The molecule has 1 aliphatic rings. The van der Waals surface area contributed by atoms with Crippen LogP contribution < -0.4 is 0 Å². The van der Waals surface area contributed by atoms with Crippen LogP contribution >= 0.6 is 27.5 Å². The summed E-state index contributed by atoms with van der Waals surface area (Å²) < 4.78 is 0.754. The zero-order valence-corrected chi connectivity index (χ0v) is 8.44. The Hall–Kier alpha value is -0.410. The predicted octanol–water partition coefficient (Wildman–Crippen LogP) is 2.63. The van der Waals surface area contributed by atoms with Gasteiger partial charge in [0.25, 0.3) is 0 Å². The molecule has 12 heavy (non-hydrogen) atoms. The lowest BCUT2D eigenvalue weighted by molar-refractivity contribution is 0.0994. The summed E-state index contributed by atoms with van der Waals surface area (Å²) >= 11 is 9.10. The molecule has 1 heterocycles. The molecule has 2 rings (SSSR count). The second-order valence-corrected chi connectivity index (χ2v) is 3.89. The van der Waals surface area contributed by atoms with E-state index in [0.717, 1.165) is 22.0 Å². The number of carbonyl (C=O) groups is 1. The van der Waals surface area contributed by atoms with Gasteiger partial charge in [-0.3, -0.25) is 4.79 Å². The first-order valence-electron chi connectivity index (χ1n) is 3.56. The van der Waals surface area contributed by atoms with Gasteiger partial charge in [-0.1, -0.05) is 11.6 Å². The van der Waals surface area contributed by atoms with Crippen molar-refractivity contribution in [3.63, 3.8) is 0 Å². The van der Waals surface area contributed by atoms with Crippen LogP contribution in [0, 0.1) is 0 Å². The summed E-state index contributed by atoms with van der Waals surface area (Å²) in [5, 5.41) is 0.457. The number of pyridine rings is 1. The van der Waals surface area contributed by atoms with Crippen molar-refractivity contribution in [3.8, 4) is 0 Å². The van der Waals surface area contributed by atoms with Gasteiger partial charge in [-0.2, -0.15) is 0 Å². The Morgan fingerprint density at radius 3 is 2.92 bits per heavy atom. The number of nitrogens with zero attached hydrogens (tertiary/aromatic N) is 1. The molecule has 62 valence electrons. The Morgan fingerprint density at radius 1 is 1.50 bits per heavy atom. The number of hydrogen-bond acceptors (Lipinski definition) is 2. The largest absolute Gasteiger partial charge is 0.294 e. The zero-order valence-electron chi connectivity index (χ0n) is 6.10. The minimum absolute atomic E-state index is 0.154. The number of carbonyl (C=O) groups excluding carboxylic acids is 1. The normalized spacial score (nSPS) is 15.0. The van der Waals surface area contributed by atoms with Crippen molar-refractivity contribution in [2.45, 2.75) is 12.8 Å². The predicted molar refractivity (Wildman–Crippen MR) is 49.6 cm³/mol. The number of halogens is 2. The first kappa shape index (κ1) is 8.20. The van der Waals surface area contributed by atoms with Gasteiger partial charge in [0.2, 0.25) is 0 Å². The van der Waals surface area contributed by atoms with Crippen LogP contribution in [0.25, 0.3) is 0 Å². The van der Waals surface area contributed by atoms with Gasteiger partial charge in [0.15, 0.2) is 5.78 Å².